The molecule has 0 bridgehead atoms. The minimum Gasteiger partial charge on any atom is -0.452 e. The van der Waals surface area contributed by atoms with Gasteiger partial charge in [-0.05, 0) is 31.0 Å². The summed E-state index contributed by atoms with van der Waals surface area (Å²) in [5, 5.41) is 2.82. The third-order valence-corrected chi connectivity index (χ3v) is 4.74. The first-order valence-electron chi connectivity index (χ1n) is 8.40. The Balaban J connectivity index is 1.44. The van der Waals surface area contributed by atoms with Gasteiger partial charge in [-0.2, -0.15) is 0 Å². The fourth-order valence-electron chi connectivity index (χ4n) is 3.47. The lowest BCUT2D eigenvalue weighted by atomic mass is 10.1. The molecule has 2 fully saturated rings. The van der Waals surface area contributed by atoms with Gasteiger partial charge in [0.05, 0.1) is 23.5 Å². The van der Waals surface area contributed by atoms with Crippen LogP contribution in [0.4, 0.5) is 16.2 Å². The number of nitrogens with one attached hydrogen (secondary N) is 1. The Hall–Kier alpha value is -3.10. The zero-order valence-corrected chi connectivity index (χ0v) is 13.9. The Labute approximate surface area is 148 Å². The predicted octanol–water partition coefficient (Wildman–Crippen LogP) is 0.743. The number of ether oxygens (including phenoxy) is 2. The van der Waals surface area contributed by atoms with Gasteiger partial charge in [-0.25, -0.2) is 14.5 Å². The van der Waals surface area contributed by atoms with Crippen molar-refractivity contribution in [2.75, 3.05) is 36.5 Å². The van der Waals surface area contributed by atoms with E-state index in [0.29, 0.717) is 5.69 Å². The molecule has 4 rings (SSSR count). The number of amides is 3. The van der Waals surface area contributed by atoms with Crippen LogP contribution < -0.4 is 10.2 Å². The number of rotatable bonds is 3. The number of hydrogen-bond donors (Lipinski definition) is 1. The molecule has 3 heterocycles. The van der Waals surface area contributed by atoms with Crippen molar-refractivity contribution < 1.29 is 28.7 Å². The molecule has 9 heteroatoms. The summed E-state index contributed by atoms with van der Waals surface area (Å²) in [5.41, 5.74) is 1.65. The van der Waals surface area contributed by atoms with Gasteiger partial charge in [0, 0.05) is 6.54 Å². The van der Waals surface area contributed by atoms with Crippen LogP contribution in [-0.4, -0.2) is 61.1 Å². The highest BCUT2D eigenvalue weighted by Gasteiger charge is 2.36. The molecule has 3 amide bonds. The zero-order chi connectivity index (χ0) is 18.3. The monoisotopic (exact) mass is 359 g/mol. The van der Waals surface area contributed by atoms with Crippen LogP contribution in [0, 0.1) is 0 Å². The van der Waals surface area contributed by atoms with E-state index in [1.165, 1.54) is 0 Å². The maximum Gasteiger partial charge on any atom is 0.416 e. The third kappa shape index (κ3) is 2.75. The van der Waals surface area contributed by atoms with Gasteiger partial charge < -0.3 is 19.7 Å². The first-order valence-corrected chi connectivity index (χ1v) is 8.40. The molecular weight excluding hydrogens is 342 g/mol. The zero-order valence-electron chi connectivity index (χ0n) is 13.9. The van der Waals surface area contributed by atoms with E-state index < -0.39 is 24.6 Å². The van der Waals surface area contributed by atoms with Gasteiger partial charge in [-0.1, -0.05) is 0 Å². The third-order valence-electron chi connectivity index (χ3n) is 4.74. The summed E-state index contributed by atoms with van der Waals surface area (Å²) in [6.07, 6.45) is 1.03. The van der Waals surface area contributed by atoms with Gasteiger partial charge in [0.2, 0.25) is 5.91 Å². The standard InChI is InChI=1S/C17H17N3O6/c21-14(20-6-7-25-17(20)24)9-26-16(23)10-3-4-12-11(8-10)18-15(22)13-2-1-5-19(12)13/h3-4,8,13H,1-2,5-7,9H2,(H,18,22)/t13-/m1/s1. The Morgan fingerprint density at radius 1 is 1.27 bits per heavy atom. The van der Waals surface area contributed by atoms with Crippen LogP contribution in [0.15, 0.2) is 18.2 Å². The van der Waals surface area contributed by atoms with Gasteiger partial charge in [-0.3, -0.25) is 9.59 Å². The Kier molecular flexibility index (Phi) is 3.98. The van der Waals surface area contributed by atoms with Crippen molar-refractivity contribution in [3.05, 3.63) is 23.8 Å². The molecule has 2 saturated heterocycles. The van der Waals surface area contributed by atoms with Crippen LogP contribution in [0.5, 0.6) is 0 Å². The van der Waals surface area contributed by atoms with Crippen LogP contribution >= 0.6 is 0 Å². The molecule has 26 heavy (non-hydrogen) atoms. The Morgan fingerprint density at radius 2 is 2.12 bits per heavy atom. The molecule has 1 atom stereocenters. The number of nitrogens with zero attached hydrogens (tertiary/aromatic N) is 2. The number of imide groups is 1. The second-order valence-corrected chi connectivity index (χ2v) is 6.31. The molecule has 3 aliphatic heterocycles. The van der Waals surface area contributed by atoms with Gasteiger partial charge in [-0.15, -0.1) is 0 Å². The summed E-state index contributed by atoms with van der Waals surface area (Å²) < 4.78 is 9.66. The van der Waals surface area contributed by atoms with E-state index in [1.807, 2.05) is 4.90 Å². The molecule has 9 nitrogen and oxygen atoms in total. The van der Waals surface area contributed by atoms with Crippen LogP contribution in [0.1, 0.15) is 23.2 Å². The smallest absolute Gasteiger partial charge is 0.416 e. The summed E-state index contributed by atoms with van der Waals surface area (Å²) in [5.74, 6) is -1.42. The summed E-state index contributed by atoms with van der Waals surface area (Å²) >= 11 is 0. The van der Waals surface area contributed by atoms with Crippen LogP contribution in [-0.2, 0) is 19.1 Å². The molecule has 0 radical (unpaired) electrons. The first kappa shape index (κ1) is 16.4. The number of cyclic esters (lactones) is 1. The van der Waals surface area contributed by atoms with E-state index in [2.05, 4.69) is 10.1 Å². The van der Waals surface area contributed by atoms with Crippen molar-refractivity contribution in [3.8, 4) is 0 Å². The Morgan fingerprint density at radius 3 is 2.88 bits per heavy atom. The quantitative estimate of drug-likeness (QED) is 0.794. The van der Waals surface area contributed by atoms with Crippen molar-refractivity contribution in [3.63, 3.8) is 0 Å². The number of esters is 1. The van der Waals surface area contributed by atoms with Crippen LogP contribution in [0.2, 0.25) is 0 Å². The highest BCUT2D eigenvalue weighted by atomic mass is 16.6. The summed E-state index contributed by atoms with van der Waals surface area (Å²) in [7, 11) is 0. The van der Waals surface area contributed by atoms with E-state index in [-0.39, 0.29) is 30.7 Å². The molecular formula is C17H17N3O6. The van der Waals surface area contributed by atoms with E-state index in [0.717, 1.165) is 30.0 Å². The maximum atomic E-state index is 12.2. The molecule has 0 spiro atoms. The molecule has 3 aliphatic rings. The van der Waals surface area contributed by atoms with E-state index in [4.69, 9.17) is 4.74 Å². The summed E-state index contributed by atoms with van der Waals surface area (Å²) in [4.78, 5) is 50.5. The average molecular weight is 359 g/mol. The highest BCUT2D eigenvalue weighted by Crippen LogP contribution is 2.37. The number of carbonyl (C=O) groups is 4. The van der Waals surface area contributed by atoms with Gasteiger partial charge in [0.15, 0.2) is 6.61 Å². The van der Waals surface area contributed by atoms with E-state index >= 15 is 0 Å². The predicted molar refractivity (Wildman–Crippen MR) is 88.8 cm³/mol. The maximum absolute atomic E-state index is 12.2. The number of benzene rings is 1. The SMILES string of the molecule is O=C(OCC(=O)N1CCOC1=O)c1ccc2c(c1)NC(=O)[C@H]1CCCN21. The van der Waals surface area contributed by atoms with Crippen LogP contribution in [0.25, 0.3) is 0 Å². The van der Waals surface area contributed by atoms with Gasteiger partial charge in [0.25, 0.3) is 5.91 Å². The summed E-state index contributed by atoms with van der Waals surface area (Å²) in [6, 6.07) is 4.75. The number of anilines is 2. The van der Waals surface area contributed by atoms with Crippen molar-refractivity contribution in [1.29, 1.82) is 0 Å². The Bertz CT molecular complexity index is 808. The lowest BCUT2D eigenvalue weighted by Crippen LogP contribution is -2.43. The van der Waals surface area contributed by atoms with Gasteiger partial charge >= 0.3 is 12.1 Å². The fraction of sp³-hybridized carbons (Fsp3) is 0.412. The minimum atomic E-state index is -0.734. The molecule has 1 aromatic carbocycles. The van der Waals surface area contributed by atoms with Crippen LogP contribution in [0.3, 0.4) is 0 Å². The molecule has 0 unspecified atom stereocenters. The second kappa shape index (κ2) is 6.32. The molecule has 136 valence electrons. The number of fused-ring (bicyclic) bond motifs is 3. The second-order valence-electron chi connectivity index (χ2n) is 6.31. The largest absolute Gasteiger partial charge is 0.452 e. The average Bonchev–Trinajstić information content (AvgIpc) is 3.28. The van der Waals surface area contributed by atoms with Gasteiger partial charge in [0.1, 0.15) is 12.6 Å². The van der Waals surface area contributed by atoms with Crippen molar-refractivity contribution >= 4 is 35.3 Å². The normalized spacial score (nSPS) is 21.0. The lowest BCUT2D eigenvalue weighted by molar-refractivity contribution is -0.131. The molecule has 0 saturated carbocycles. The number of hydrogen-bond acceptors (Lipinski definition) is 7. The minimum absolute atomic E-state index is 0.0803. The van der Waals surface area contributed by atoms with Crippen molar-refractivity contribution in [2.24, 2.45) is 0 Å². The fourth-order valence-corrected chi connectivity index (χ4v) is 3.47. The van der Waals surface area contributed by atoms with E-state index in [9.17, 15) is 19.2 Å². The van der Waals surface area contributed by atoms with Crippen molar-refractivity contribution in [2.45, 2.75) is 18.9 Å². The molecule has 1 N–H and O–H groups in total. The molecule has 0 aliphatic carbocycles. The van der Waals surface area contributed by atoms with E-state index in [1.54, 1.807) is 18.2 Å². The lowest BCUT2D eigenvalue weighted by Gasteiger charge is -2.33. The summed E-state index contributed by atoms with van der Waals surface area (Å²) in [6.45, 7) is 0.540. The highest BCUT2D eigenvalue weighted by molar-refractivity contribution is 6.05. The molecule has 0 aromatic heterocycles. The molecule has 1 aromatic rings. The first-order chi connectivity index (χ1) is 12.5. The number of carbonyl (C=O) groups excluding carboxylic acids is 4. The topological polar surface area (TPSA) is 105 Å². The van der Waals surface area contributed by atoms with Crippen molar-refractivity contribution in [1.82, 2.24) is 4.90 Å².